The van der Waals surface area contributed by atoms with E-state index in [9.17, 15) is 13.2 Å². The Morgan fingerprint density at radius 1 is 1.24 bits per heavy atom. The van der Waals surface area contributed by atoms with Crippen molar-refractivity contribution in [3.8, 4) is 5.69 Å². The van der Waals surface area contributed by atoms with Gasteiger partial charge in [-0.05, 0) is 24.3 Å². The van der Waals surface area contributed by atoms with E-state index in [4.69, 9.17) is 5.73 Å². The molecule has 0 saturated heterocycles. The molecule has 17 heavy (non-hydrogen) atoms. The maximum Gasteiger partial charge on any atom is 0.435 e. The van der Waals surface area contributed by atoms with Crippen LogP contribution in [0.2, 0.25) is 0 Å². The third-order valence-corrected chi connectivity index (χ3v) is 2.61. The fourth-order valence-electron chi connectivity index (χ4n) is 1.34. The molecule has 90 valence electrons. The first kappa shape index (κ1) is 12.0. The first-order chi connectivity index (χ1) is 7.88. The normalized spacial score (nSPS) is 11.8. The van der Waals surface area contributed by atoms with Gasteiger partial charge in [0.15, 0.2) is 5.69 Å². The molecule has 0 bridgehead atoms. The zero-order valence-electron chi connectivity index (χ0n) is 8.37. The Labute approximate surface area is 103 Å². The van der Waals surface area contributed by atoms with Gasteiger partial charge in [0.2, 0.25) is 0 Å². The minimum atomic E-state index is -4.45. The molecule has 2 rings (SSSR count). The number of rotatable bonds is 1. The van der Waals surface area contributed by atoms with Crippen LogP contribution in [-0.4, -0.2) is 9.78 Å². The first-order valence-electron chi connectivity index (χ1n) is 4.56. The van der Waals surface area contributed by atoms with Crippen LogP contribution < -0.4 is 5.73 Å². The van der Waals surface area contributed by atoms with Gasteiger partial charge in [0.05, 0.1) is 11.4 Å². The second-order valence-electron chi connectivity index (χ2n) is 3.35. The molecule has 1 aromatic heterocycles. The summed E-state index contributed by atoms with van der Waals surface area (Å²) in [5, 5.41) is 3.44. The van der Waals surface area contributed by atoms with Crippen molar-refractivity contribution in [2.45, 2.75) is 6.18 Å². The summed E-state index contributed by atoms with van der Waals surface area (Å²) in [6.45, 7) is 0. The molecule has 0 aliphatic carbocycles. The van der Waals surface area contributed by atoms with Crippen LogP contribution in [0.5, 0.6) is 0 Å². The second-order valence-corrected chi connectivity index (χ2v) is 4.26. The summed E-state index contributed by atoms with van der Waals surface area (Å²) in [7, 11) is 0. The van der Waals surface area contributed by atoms with Crippen molar-refractivity contribution in [3.63, 3.8) is 0 Å². The van der Waals surface area contributed by atoms with Crippen molar-refractivity contribution in [2.24, 2.45) is 0 Å². The van der Waals surface area contributed by atoms with E-state index >= 15 is 0 Å². The molecule has 0 saturated carbocycles. The van der Waals surface area contributed by atoms with Gasteiger partial charge < -0.3 is 5.73 Å². The van der Waals surface area contributed by atoms with Crippen LogP contribution in [0.4, 0.5) is 18.9 Å². The maximum atomic E-state index is 12.4. The molecular weight excluding hydrogens is 299 g/mol. The van der Waals surface area contributed by atoms with Crippen LogP contribution in [0.15, 0.2) is 34.9 Å². The minimum Gasteiger partial charge on any atom is -0.397 e. The Kier molecular flexibility index (Phi) is 2.86. The van der Waals surface area contributed by atoms with Crippen molar-refractivity contribution in [1.29, 1.82) is 0 Å². The van der Waals surface area contributed by atoms with E-state index in [1.54, 1.807) is 18.2 Å². The average Bonchev–Trinajstić information content (AvgIpc) is 2.65. The Hall–Kier alpha value is -1.50. The highest BCUT2D eigenvalue weighted by atomic mass is 79.9. The number of hydrogen-bond donors (Lipinski definition) is 1. The van der Waals surface area contributed by atoms with E-state index in [-0.39, 0.29) is 0 Å². The first-order valence-corrected chi connectivity index (χ1v) is 5.35. The number of nitrogens with two attached hydrogens (primary N) is 1. The van der Waals surface area contributed by atoms with Crippen molar-refractivity contribution in [3.05, 3.63) is 40.6 Å². The molecule has 0 radical (unpaired) electrons. The van der Waals surface area contributed by atoms with Crippen LogP contribution >= 0.6 is 15.9 Å². The maximum absolute atomic E-state index is 12.4. The molecule has 0 aliphatic heterocycles. The summed E-state index contributed by atoms with van der Waals surface area (Å²) in [4.78, 5) is 0. The lowest BCUT2D eigenvalue weighted by atomic mass is 10.3. The number of aromatic nitrogens is 2. The topological polar surface area (TPSA) is 43.8 Å². The van der Waals surface area contributed by atoms with Gasteiger partial charge in [-0.2, -0.15) is 18.3 Å². The smallest absolute Gasteiger partial charge is 0.397 e. The molecule has 0 fully saturated rings. The molecule has 0 amide bonds. The van der Waals surface area contributed by atoms with Crippen LogP contribution in [0.25, 0.3) is 5.69 Å². The lowest BCUT2D eigenvalue weighted by Crippen LogP contribution is -2.08. The molecule has 1 heterocycles. The number of alkyl halides is 3. The Balaban J connectivity index is 2.44. The van der Waals surface area contributed by atoms with Gasteiger partial charge in [0.1, 0.15) is 0 Å². The van der Waals surface area contributed by atoms with Gasteiger partial charge in [-0.25, -0.2) is 4.68 Å². The average molecular weight is 306 g/mol. The predicted octanol–water partition coefficient (Wildman–Crippen LogP) is 3.24. The van der Waals surface area contributed by atoms with Gasteiger partial charge in [-0.1, -0.05) is 15.9 Å². The van der Waals surface area contributed by atoms with Gasteiger partial charge in [-0.3, -0.25) is 0 Å². The second kappa shape index (κ2) is 4.06. The zero-order chi connectivity index (χ0) is 12.6. The number of hydrogen-bond acceptors (Lipinski definition) is 2. The molecule has 1 aromatic carbocycles. The molecule has 2 aromatic rings. The van der Waals surface area contributed by atoms with Gasteiger partial charge in [-0.15, -0.1) is 0 Å². The Morgan fingerprint density at radius 3 is 2.47 bits per heavy atom. The fourth-order valence-corrected chi connectivity index (χ4v) is 1.72. The lowest BCUT2D eigenvalue weighted by molar-refractivity contribution is -0.141. The van der Waals surface area contributed by atoms with Crippen LogP contribution in [0.1, 0.15) is 5.69 Å². The third-order valence-electron chi connectivity index (χ3n) is 2.12. The third kappa shape index (κ3) is 2.44. The summed E-state index contributed by atoms with van der Waals surface area (Å²) >= 11 is 3.22. The van der Waals surface area contributed by atoms with Crippen molar-refractivity contribution in [1.82, 2.24) is 9.78 Å². The highest BCUT2D eigenvalue weighted by molar-refractivity contribution is 9.10. The van der Waals surface area contributed by atoms with Gasteiger partial charge >= 0.3 is 6.18 Å². The number of benzene rings is 1. The molecule has 0 atom stereocenters. The van der Waals surface area contributed by atoms with E-state index < -0.39 is 11.9 Å². The van der Waals surface area contributed by atoms with E-state index in [0.29, 0.717) is 11.4 Å². The van der Waals surface area contributed by atoms with Crippen molar-refractivity contribution in [2.75, 3.05) is 5.73 Å². The fraction of sp³-hybridized carbons (Fsp3) is 0.100. The summed E-state index contributed by atoms with van der Waals surface area (Å²) < 4.78 is 39.0. The number of nitrogens with zero attached hydrogens (tertiary/aromatic N) is 2. The van der Waals surface area contributed by atoms with Crippen molar-refractivity contribution >= 4 is 21.6 Å². The molecular formula is C10H7BrF3N3. The van der Waals surface area contributed by atoms with Crippen LogP contribution in [0.3, 0.4) is 0 Å². The predicted molar refractivity (Wildman–Crippen MR) is 60.7 cm³/mol. The molecule has 3 nitrogen and oxygen atoms in total. The highest BCUT2D eigenvalue weighted by Crippen LogP contribution is 2.29. The highest BCUT2D eigenvalue weighted by Gasteiger charge is 2.33. The summed E-state index contributed by atoms with van der Waals surface area (Å²) in [6, 6.07) is 5.78. The number of anilines is 1. The zero-order valence-corrected chi connectivity index (χ0v) is 9.96. The van der Waals surface area contributed by atoms with Crippen LogP contribution in [-0.2, 0) is 6.18 Å². The van der Waals surface area contributed by atoms with E-state index in [1.807, 2.05) is 0 Å². The molecule has 0 spiro atoms. The quantitative estimate of drug-likeness (QED) is 0.822. The lowest BCUT2D eigenvalue weighted by Gasteiger charge is -2.06. The Morgan fingerprint density at radius 2 is 1.94 bits per heavy atom. The Bertz CT molecular complexity index is 548. The molecule has 7 heteroatoms. The van der Waals surface area contributed by atoms with Crippen LogP contribution in [0, 0.1) is 0 Å². The SMILES string of the molecule is Nc1cc(Br)ccc1-n1ccc(C(F)(F)F)n1. The van der Waals surface area contributed by atoms with Gasteiger partial charge in [0, 0.05) is 10.7 Å². The summed E-state index contributed by atoms with van der Waals surface area (Å²) in [5.74, 6) is 0. The van der Waals surface area contributed by atoms with Gasteiger partial charge in [0.25, 0.3) is 0 Å². The number of halogens is 4. The standard InChI is InChI=1S/C10H7BrF3N3/c11-6-1-2-8(7(15)5-6)17-4-3-9(16-17)10(12,13)14/h1-5H,15H2. The van der Waals surface area contributed by atoms with E-state index in [1.165, 1.54) is 6.20 Å². The van der Waals surface area contributed by atoms with E-state index in [2.05, 4.69) is 21.0 Å². The summed E-state index contributed by atoms with van der Waals surface area (Å²) in [5.41, 5.74) is 5.50. The van der Waals surface area contributed by atoms with Crippen molar-refractivity contribution < 1.29 is 13.2 Å². The minimum absolute atomic E-state index is 0.344. The van der Waals surface area contributed by atoms with E-state index in [0.717, 1.165) is 15.2 Å². The number of nitrogen functional groups attached to an aromatic ring is 1. The molecule has 0 aliphatic rings. The monoisotopic (exact) mass is 305 g/mol. The summed E-state index contributed by atoms with van der Waals surface area (Å²) in [6.07, 6.45) is -3.22. The largest absolute Gasteiger partial charge is 0.435 e. The molecule has 0 unspecified atom stereocenters. The molecule has 2 N–H and O–H groups in total.